The minimum Gasteiger partial charge on any atom is -0.369 e. The fourth-order valence-corrected chi connectivity index (χ4v) is 4.94. The number of hydrogen-bond donors (Lipinski definition) is 1. The van der Waals surface area contributed by atoms with Gasteiger partial charge in [0, 0.05) is 41.9 Å². The molecule has 7 heteroatoms. The Bertz CT molecular complexity index is 1140. The summed E-state index contributed by atoms with van der Waals surface area (Å²) < 4.78 is 25.5. The van der Waals surface area contributed by atoms with E-state index < -0.39 is 10.0 Å². The first kappa shape index (κ1) is 19.4. The minimum atomic E-state index is -3.88. The van der Waals surface area contributed by atoms with Crippen molar-refractivity contribution in [2.45, 2.75) is 4.90 Å². The number of halogens is 1. The molecule has 1 aliphatic heterocycles. The lowest BCUT2D eigenvalue weighted by molar-refractivity contribution is 0.313. The first-order chi connectivity index (χ1) is 13.3. The maximum atomic E-state index is 12.4. The van der Waals surface area contributed by atoms with E-state index in [1.807, 2.05) is 30.3 Å². The van der Waals surface area contributed by atoms with Crippen molar-refractivity contribution < 1.29 is 8.42 Å². The Morgan fingerprint density at radius 2 is 1.68 bits per heavy atom. The highest BCUT2D eigenvalue weighted by Gasteiger charge is 2.21. The van der Waals surface area contributed by atoms with Gasteiger partial charge in [-0.05, 0) is 47.6 Å². The summed E-state index contributed by atoms with van der Waals surface area (Å²) in [5.41, 5.74) is 2.56. The molecule has 4 rings (SSSR count). The molecule has 0 aliphatic carbocycles. The molecule has 0 aromatic heterocycles. The molecule has 2 N–H and O–H groups in total. The number of hydrogen-bond acceptors (Lipinski definition) is 4. The quantitative estimate of drug-likeness (QED) is 0.648. The van der Waals surface area contributed by atoms with Gasteiger partial charge in [-0.1, -0.05) is 46.3 Å². The summed E-state index contributed by atoms with van der Waals surface area (Å²) in [5, 5.41) is 7.41. The van der Waals surface area contributed by atoms with E-state index in [0.717, 1.165) is 52.7 Å². The van der Waals surface area contributed by atoms with Crippen LogP contribution in [0.5, 0.6) is 0 Å². The Labute approximate surface area is 173 Å². The molecule has 0 spiro atoms. The van der Waals surface area contributed by atoms with Crippen LogP contribution in [0.2, 0.25) is 0 Å². The van der Waals surface area contributed by atoms with Crippen molar-refractivity contribution >= 4 is 42.4 Å². The van der Waals surface area contributed by atoms with Crippen molar-refractivity contribution in [1.82, 2.24) is 4.90 Å². The van der Waals surface area contributed by atoms with Gasteiger partial charge in [0.1, 0.15) is 0 Å². The third-order valence-electron chi connectivity index (χ3n) is 5.29. The third kappa shape index (κ3) is 3.67. The molecule has 1 saturated heterocycles. The molecule has 0 unspecified atom stereocenters. The first-order valence-electron chi connectivity index (χ1n) is 9.12. The molecule has 1 fully saturated rings. The molecule has 3 aromatic rings. The zero-order chi connectivity index (χ0) is 19.9. The van der Waals surface area contributed by atoms with Crippen LogP contribution in [0.15, 0.2) is 64.0 Å². The highest BCUT2D eigenvalue weighted by Crippen LogP contribution is 2.40. The van der Waals surface area contributed by atoms with Gasteiger partial charge in [0.15, 0.2) is 0 Å². The number of anilines is 1. The number of piperazine rings is 1. The predicted molar refractivity (Wildman–Crippen MR) is 118 cm³/mol. The number of fused-ring (bicyclic) bond motifs is 1. The van der Waals surface area contributed by atoms with Crippen LogP contribution in [0.1, 0.15) is 0 Å². The average molecular weight is 460 g/mol. The number of rotatable bonds is 3. The Balaban J connectivity index is 1.94. The second-order valence-electron chi connectivity index (χ2n) is 7.16. The van der Waals surface area contributed by atoms with E-state index in [0.29, 0.717) is 5.56 Å². The number of likely N-dealkylation sites (N-methyl/N-ethyl adjacent to an activating group) is 1. The van der Waals surface area contributed by atoms with Gasteiger partial charge in [0.25, 0.3) is 0 Å². The first-order valence-corrected chi connectivity index (χ1v) is 11.5. The molecule has 5 nitrogen and oxygen atoms in total. The summed E-state index contributed by atoms with van der Waals surface area (Å²) in [4.78, 5) is 4.78. The van der Waals surface area contributed by atoms with E-state index in [1.54, 1.807) is 12.1 Å². The number of nitrogens with two attached hydrogens (primary N) is 1. The van der Waals surface area contributed by atoms with Crippen molar-refractivity contribution in [1.29, 1.82) is 0 Å². The molecule has 0 atom stereocenters. The van der Waals surface area contributed by atoms with Crippen LogP contribution in [0.3, 0.4) is 0 Å². The van der Waals surface area contributed by atoms with Gasteiger partial charge in [0.2, 0.25) is 10.0 Å². The summed E-state index contributed by atoms with van der Waals surface area (Å²) in [5.74, 6) is 0. The smallest absolute Gasteiger partial charge is 0.238 e. The van der Waals surface area contributed by atoms with Gasteiger partial charge in [0.05, 0.1) is 4.90 Å². The van der Waals surface area contributed by atoms with Crippen molar-refractivity contribution in [3.63, 3.8) is 0 Å². The van der Waals surface area contributed by atoms with Crippen LogP contribution >= 0.6 is 15.9 Å². The lowest BCUT2D eigenvalue weighted by Crippen LogP contribution is -2.44. The highest BCUT2D eigenvalue weighted by atomic mass is 79.9. The second kappa shape index (κ2) is 7.48. The summed E-state index contributed by atoms with van der Waals surface area (Å²) >= 11 is 3.63. The van der Waals surface area contributed by atoms with Crippen LogP contribution in [-0.4, -0.2) is 46.5 Å². The Morgan fingerprint density at radius 3 is 2.39 bits per heavy atom. The molecule has 0 radical (unpaired) electrons. The summed E-state index contributed by atoms with van der Waals surface area (Å²) in [6, 6.07) is 17.3. The summed E-state index contributed by atoms with van der Waals surface area (Å²) in [6.45, 7) is 3.88. The van der Waals surface area contributed by atoms with Crippen molar-refractivity contribution in [2.24, 2.45) is 5.14 Å². The predicted octanol–water partition coefficient (Wildman–Crippen LogP) is 3.67. The molecular weight excluding hydrogens is 438 g/mol. The molecular formula is C21H22BrN3O2S. The number of primary sulfonamides is 1. The minimum absolute atomic E-state index is 0.141. The molecule has 0 saturated carbocycles. The largest absolute Gasteiger partial charge is 0.369 e. The Hall–Kier alpha value is -1.93. The molecule has 28 heavy (non-hydrogen) atoms. The van der Waals surface area contributed by atoms with Crippen LogP contribution in [0.4, 0.5) is 5.69 Å². The third-order valence-corrected chi connectivity index (χ3v) is 6.93. The van der Waals surface area contributed by atoms with E-state index in [-0.39, 0.29) is 4.90 Å². The van der Waals surface area contributed by atoms with Gasteiger partial charge in [-0.25, -0.2) is 13.6 Å². The number of nitrogens with zero attached hydrogens (tertiary/aromatic N) is 2. The van der Waals surface area contributed by atoms with Crippen molar-refractivity contribution in [3.8, 4) is 11.1 Å². The van der Waals surface area contributed by atoms with Gasteiger partial charge >= 0.3 is 0 Å². The maximum Gasteiger partial charge on any atom is 0.238 e. The second-order valence-corrected chi connectivity index (χ2v) is 9.54. The lowest BCUT2D eigenvalue weighted by Gasteiger charge is -2.34. The van der Waals surface area contributed by atoms with Crippen LogP contribution in [0, 0.1) is 0 Å². The topological polar surface area (TPSA) is 66.6 Å². The van der Waals surface area contributed by atoms with E-state index >= 15 is 0 Å². The summed E-state index contributed by atoms with van der Waals surface area (Å²) in [7, 11) is -1.75. The van der Waals surface area contributed by atoms with Crippen LogP contribution in [-0.2, 0) is 10.0 Å². The maximum absolute atomic E-state index is 12.4. The van der Waals surface area contributed by atoms with E-state index in [2.05, 4.69) is 44.9 Å². The number of benzene rings is 3. The zero-order valence-corrected chi connectivity index (χ0v) is 18.0. The molecule has 3 aromatic carbocycles. The molecule has 0 amide bonds. The van der Waals surface area contributed by atoms with Gasteiger partial charge in [-0.3, -0.25) is 0 Å². The van der Waals surface area contributed by atoms with Gasteiger partial charge in [-0.2, -0.15) is 0 Å². The Kier molecular flexibility index (Phi) is 5.18. The highest BCUT2D eigenvalue weighted by molar-refractivity contribution is 9.10. The normalized spacial score (nSPS) is 15.9. The van der Waals surface area contributed by atoms with Gasteiger partial charge in [-0.15, -0.1) is 0 Å². The molecule has 0 bridgehead atoms. The zero-order valence-electron chi connectivity index (χ0n) is 15.6. The van der Waals surface area contributed by atoms with E-state index in [1.165, 1.54) is 0 Å². The average Bonchev–Trinajstić information content (AvgIpc) is 2.67. The number of sulfonamides is 1. The SMILES string of the molecule is CN1CCN(c2ccc(Br)c(-c3c(S(N)(=O)=O)ccc4ccccc34)c2)CC1. The van der Waals surface area contributed by atoms with Crippen molar-refractivity contribution in [3.05, 3.63) is 59.1 Å². The van der Waals surface area contributed by atoms with Crippen LogP contribution in [0.25, 0.3) is 21.9 Å². The van der Waals surface area contributed by atoms with Gasteiger partial charge < -0.3 is 9.80 Å². The lowest BCUT2D eigenvalue weighted by atomic mass is 9.97. The van der Waals surface area contributed by atoms with E-state index in [4.69, 9.17) is 5.14 Å². The van der Waals surface area contributed by atoms with E-state index in [9.17, 15) is 8.42 Å². The molecule has 146 valence electrons. The fraction of sp³-hybridized carbons (Fsp3) is 0.238. The Morgan fingerprint density at radius 1 is 0.964 bits per heavy atom. The molecule has 1 heterocycles. The molecule has 1 aliphatic rings. The van der Waals surface area contributed by atoms with Crippen LogP contribution < -0.4 is 10.0 Å². The standard InChI is InChI=1S/C21H22BrN3O2S/c1-24-10-12-25(13-11-24)16-7-8-19(22)18(14-16)21-17-5-3-2-4-15(17)6-9-20(21)28(23,26)27/h2-9,14H,10-13H2,1H3,(H2,23,26,27). The van der Waals surface area contributed by atoms with Crippen molar-refractivity contribution in [2.75, 3.05) is 38.1 Å². The monoisotopic (exact) mass is 459 g/mol. The summed E-state index contributed by atoms with van der Waals surface area (Å²) in [6.07, 6.45) is 0. The fourth-order valence-electron chi connectivity index (χ4n) is 3.73.